The van der Waals surface area contributed by atoms with E-state index >= 15 is 0 Å². The first-order valence-corrected chi connectivity index (χ1v) is 5.49. The molecule has 1 N–H and O–H groups in total. The van der Waals surface area contributed by atoms with Crippen molar-refractivity contribution in [3.8, 4) is 5.75 Å². The fourth-order valence-electron chi connectivity index (χ4n) is 1.79. The Bertz CT molecular complexity index is 659. The normalized spacial score (nSPS) is 11.1. The summed E-state index contributed by atoms with van der Waals surface area (Å²) < 4.78 is 7.03. The maximum atomic E-state index is 9.47. The molecule has 0 aromatic carbocycles. The van der Waals surface area contributed by atoms with Crippen LogP contribution < -0.4 is 0 Å². The highest BCUT2D eigenvalue weighted by Crippen LogP contribution is 2.22. The SMILES string of the molecule is Oc1ccc2c(Cl)nc(Cc3ccco3)n2c1. The summed E-state index contributed by atoms with van der Waals surface area (Å²) in [5.74, 6) is 1.71. The molecule has 3 heterocycles. The number of hydrogen-bond donors (Lipinski definition) is 1. The molecular formula is C12H9ClN2O2. The molecule has 0 radical (unpaired) electrons. The van der Waals surface area contributed by atoms with Gasteiger partial charge in [0.25, 0.3) is 0 Å². The van der Waals surface area contributed by atoms with E-state index in [0.29, 0.717) is 11.6 Å². The van der Waals surface area contributed by atoms with Crippen LogP contribution in [0, 0.1) is 0 Å². The minimum atomic E-state index is 0.173. The van der Waals surface area contributed by atoms with Crippen molar-refractivity contribution in [1.29, 1.82) is 0 Å². The number of aromatic nitrogens is 2. The predicted octanol–water partition coefficient (Wildman–Crippen LogP) is 2.88. The summed E-state index contributed by atoms with van der Waals surface area (Å²) in [5.41, 5.74) is 0.769. The third-order valence-electron chi connectivity index (χ3n) is 2.56. The smallest absolute Gasteiger partial charge is 0.155 e. The van der Waals surface area contributed by atoms with Crippen molar-refractivity contribution in [2.45, 2.75) is 6.42 Å². The predicted molar refractivity (Wildman–Crippen MR) is 63.4 cm³/mol. The van der Waals surface area contributed by atoms with Crippen LogP contribution in [0.2, 0.25) is 5.15 Å². The first kappa shape index (κ1) is 10.2. The van der Waals surface area contributed by atoms with Crippen LogP contribution >= 0.6 is 11.6 Å². The number of furan rings is 1. The molecule has 0 fully saturated rings. The summed E-state index contributed by atoms with van der Waals surface area (Å²) in [4.78, 5) is 4.26. The van der Waals surface area contributed by atoms with Gasteiger partial charge >= 0.3 is 0 Å². The van der Waals surface area contributed by atoms with E-state index in [2.05, 4.69) is 4.98 Å². The van der Waals surface area contributed by atoms with Gasteiger partial charge in [0, 0.05) is 0 Å². The molecule has 0 aliphatic carbocycles. The zero-order valence-corrected chi connectivity index (χ0v) is 9.55. The lowest BCUT2D eigenvalue weighted by Gasteiger charge is -1.99. The Morgan fingerprint density at radius 3 is 3.00 bits per heavy atom. The number of fused-ring (bicyclic) bond motifs is 1. The first-order valence-electron chi connectivity index (χ1n) is 5.12. The molecule has 3 rings (SSSR count). The summed E-state index contributed by atoms with van der Waals surface area (Å²) in [7, 11) is 0. The number of pyridine rings is 1. The van der Waals surface area contributed by atoms with Gasteiger partial charge in [0.2, 0.25) is 0 Å². The van der Waals surface area contributed by atoms with Crippen molar-refractivity contribution in [2.75, 3.05) is 0 Å². The Morgan fingerprint density at radius 1 is 1.35 bits per heavy atom. The fraction of sp³-hybridized carbons (Fsp3) is 0.0833. The Labute approximate surface area is 102 Å². The number of rotatable bonds is 2. The molecule has 0 saturated heterocycles. The highest BCUT2D eigenvalue weighted by molar-refractivity contribution is 6.32. The van der Waals surface area contributed by atoms with E-state index in [-0.39, 0.29) is 5.75 Å². The van der Waals surface area contributed by atoms with Crippen LogP contribution in [0.5, 0.6) is 5.75 Å². The van der Waals surface area contributed by atoms with Crippen LogP contribution in [0.3, 0.4) is 0 Å². The highest BCUT2D eigenvalue weighted by Gasteiger charge is 2.11. The monoisotopic (exact) mass is 248 g/mol. The summed E-state index contributed by atoms with van der Waals surface area (Å²) in [5, 5.41) is 9.90. The van der Waals surface area contributed by atoms with Gasteiger partial charge in [0.15, 0.2) is 5.15 Å². The average Bonchev–Trinajstić information content (AvgIpc) is 2.89. The van der Waals surface area contributed by atoms with Crippen LogP contribution in [0.15, 0.2) is 41.1 Å². The fourth-order valence-corrected chi connectivity index (χ4v) is 2.04. The Balaban J connectivity index is 2.13. The molecule has 5 heteroatoms. The minimum absolute atomic E-state index is 0.173. The largest absolute Gasteiger partial charge is 0.506 e. The second-order valence-electron chi connectivity index (χ2n) is 3.72. The molecular weight excluding hydrogens is 240 g/mol. The lowest BCUT2D eigenvalue weighted by Crippen LogP contribution is -1.94. The average molecular weight is 249 g/mol. The molecule has 3 aromatic heterocycles. The van der Waals surface area contributed by atoms with Gasteiger partial charge in [-0.05, 0) is 24.3 Å². The van der Waals surface area contributed by atoms with Gasteiger partial charge in [-0.3, -0.25) is 4.40 Å². The highest BCUT2D eigenvalue weighted by atomic mass is 35.5. The lowest BCUT2D eigenvalue weighted by atomic mass is 10.3. The Kier molecular flexibility index (Phi) is 2.30. The van der Waals surface area contributed by atoms with Gasteiger partial charge in [0.05, 0.1) is 24.4 Å². The standard InChI is InChI=1S/C12H9ClN2O2/c13-12-10-4-3-8(16)7-15(10)11(14-12)6-9-2-1-5-17-9/h1-5,7,16H,6H2. The molecule has 0 saturated carbocycles. The van der Waals surface area contributed by atoms with Crippen LogP contribution in [0.4, 0.5) is 0 Å². The number of imidazole rings is 1. The van der Waals surface area contributed by atoms with E-state index in [1.165, 1.54) is 0 Å². The second-order valence-corrected chi connectivity index (χ2v) is 4.08. The van der Waals surface area contributed by atoms with Crippen LogP contribution in [-0.4, -0.2) is 14.5 Å². The Hall–Kier alpha value is -1.94. The van der Waals surface area contributed by atoms with Crippen molar-refractivity contribution >= 4 is 17.1 Å². The number of halogens is 1. The maximum Gasteiger partial charge on any atom is 0.155 e. The van der Waals surface area contributed by atoms with Gasteiger partial charge in [-0.15, -0.1) is 0 Å². The van der Waals surface area contributed by atoms with Gasteiger partial charge < -0.3 is 9.52 Å². The number of hydrogen-bond acceptors (Lipinski definition) is 3. The van der Waals surface area contributed by atoms with Gasteiger partial charge in [0.1, 0.15) is 17.3 Å². The van der Waals surface area contributed by atoms with Crippen LogP contribution in [0.25, 0.3) is 5.52 Å². The lowest BCUT2D eigenvalue weighted by molar-refractivity contribution is 0.471. The minimum Gasteiger partial charge on any atom is -0.506 e. The zero-order chi connectivity index (χ0) is 11.8. The quantitative estimate of drug-likeness (QED) is 0.759. The summed E-state index contributed by atoms with van der Waals surface area (Å²) in [6.07, 6.45) is 3.74. The molecule has 3 aromatic rings. The van der Waals surface area contributed by atoms with Crippen molar-refractivity contribution in [2.24, 2.45) is 0 Å². The third-order valence-corrected chi connectivity index (χ3v) is 2.84. The van der Waals surface area contributed by atoms with E-state index in [1.807, 2.05) is 12.1 Å². The molecule has 0 spiro atoms. The molecule has 0 amide bonds. The zero-order valence-electron chi connectivity index (χ0n) is 8.80. The molecule has 4 nitrogen and oxygen atoms in total. The molecule has 0 aliphatic rings. The van der Waals surface area contributed by atoms with E-state index in [9.17, 15) is 5.11 Å². The molecule has 0 unspecified atom stereocenters. The summed E-state index contributed by atoms with van der Waals surface area (Å²) in [6, 6.07) is 7.01. The van der Waals surface area contributed by atoms with E-state index < -0.39 is 0 Å². The summed E-state index contributed by atoms with van der Waals surface area (Å²) in [6.45, 7) is 0. The van der Waals surface area contributed by atoms with Crippen LogP contribution in [-0.2, 0) is 6.42 Å². The first-order chi connectivity index (χ1) is 8.24. The topological polar surface area (TPSA) is 50.7 Å². The van der Waals surface area contributed by atoms with Crippen molar-refractivity contribution < 1.29 is 9.52 Å². The number of aromatic hydroxyl groups is 1. The molecule has 17 heavy (non-hydrogen) atoms. The molecule has 0 aliphatic heterocycles. The number of nitrogens with zero attached hydrogens (tertiary/aromatic N) is 2. The van der Waals surface area contributed by atoms with E-state index in [0.717, 1.165) is 17.1 Å². The Morgan fingerprint density at radius 2 is 2.24 bits per heavy atom. The van der Waals surface area contributed by atoms with Gasteiger partial charge in [-0.25, -0.2) is 4.98 Å². The molecule has 0 atom stereocenters. The van der Waals surface area contributed by atoms with Crippen molar-refractivity contribution in [3.63, 3.8) is 0 Å². The third kappa shape index (κ3) is 1.76. The second kappa shape index (κ2) is 3.82. The molecule has 86 valence electrons. The van der Waals surface area contributed by atoms with E-state index in [1.54, 1.807) is 29.0 Å². The van der Waals surface area contributed by atoms with Crippen molar-refractivity contribution in [3.05, 3.63) is 53.5 Å². The van der Waals surface area contributed by atoms with Gasteiger partial charge in [-0.2, -0.15) is 0 Å². The van der Waals surface area contributed by atoms with Gasteiger partial charge in [-0.1, -0.05) is 11.6 Å². The summed E-state index contributed by atoms with van der Waals surface area (Å²) >= 11 is 6.03. The van der Waals surface area contributed by atoms with Crippen molar-refractivity contribution in [1.82, 2.24) is 9.38 Å². The van der Waals surface area contributed by atoms with Crippen LogP contribution in [0.1, 0.15) is 11.6 Å². The van der Waals surface area contributed by atoms with E-state index in [4.69, 9.17) is 16.0 Å². The maximum absolute atomic E-state index is 9.47. The molecule has 0 bridgehead atoms.